The molecule has 1 fully saturated rings. The maximum absolute atomic E-state index is 12.0. The summed E-state index contributed by atoms with van der Waals surface area (Å²) < 4.78 is 0. The van der Waals surface area contributed by atoms with Crippen molar-refractivity contribution in [2.24, 2.45) is 11.7 Å². The van der Waals surface area contributed by atoms with Crippen molar-refractivity contribution in [3.8, 4) is 0 Å². The SMILES string of the molecule is Cc1cnccc1N1CCCC(C(=O)NCCN)C1. The lowest BCUT2D eigenvalue weighted by molar-refractivity contribution is -0.125. The fourth-order valence-corrected chi connectivity index (χ4v) is 2.57. The maximum Gasteiger partial charge on any atom is 0.224 e. The molecule has 1 atom stereocenters. The summed E-state index contributed by atoms with van der Waals surface area (Å²) in [6.07, 6.45) is 5.67. The van der Waals surface area contributed by atoms with Crippen molar-refractivity contribution in [1.82, 2.24) is 10.3 Å². The first-order valence-electron chi connectivity index (χ1n) is 6.85. The highest BCUT2D eigenvalue weighted by atomic mass is 16.1. The number of hydrogen-bond acceptors (Lipinski definition) is 4. The van der Waals surface area contributed by atoms with Crippen LogP contribution >= 0.6 is 0 Å². The average molecular weight is 262 g/mol. The number of amides is 1. The fraction of sp³-hybridized carbons (Fsp3) is 0.571. The third-order valence-corrected chi connectivity index (χ3v) is 3.57. The molecule has 1 aromatic rings. The summed E-state index contributed by atoms with van der Waals surface area (Å²) in [7, 11) is 0. The molecule has 0 spiro atoms. The molecule has 1 aliphatic heterocycles. The van der Waals surface area contributed by atoms with Gasteiger partial charge in [-0.15, -0.1) is 0 Å². The van der Waals surface area contributed by atoms with E-state index in [2.05, 4.69) is 22.1 Å². The number of anilines is 1. The van der Waals surface area contributed by atoms with E-state index in [-0.39, 0.29) is 11.8 Å². The minimum absolute atomic E-state index is 0.0628. The van der Waals surface area contributed by atoms with Gasteiger partial charge in [0.05, 0.1) is 5.92 Å². The van der Waals surface area contributed by atoms with E-state index in [1.54, 1.807) is 6.20 Å². The Morgan fingerprint density at radius 1 is 1.63 bits per heavy atom. The fourth-order valence-electron chi connectivity index (χ4n) is 2.57. The largest absolute Gasteiger partial charge is 0.370 e. The van der Waals surface area contributed by atoms with Gasteiger partial charge in [0.15, 0.2) is 0 Å². The Morgan fingerprint density at radius 3 is 3.21 bits per heavy atom. The molecule has 5 heteroatoms. The predicted octanol–water partition coefficient (Wildman–Crippen LogP) is 0.681. The van der Waals surface area contributed by atoms with Gasteiger partial charge in [-0.05, 0) is 31.4 Å². The van der Waals surface area contributed by atoms with Crippen molar-refractivity contribution < 1.29 is 4.79 Å². The van der Waals surface area contributed by atoms with Gasteiger partial charge in [-0.3, -0.25) is 9.78 Å². The molecule has 0 aromatic carbocycles. The molecular weight excluding hydrogens is 240 g/mol. The number of hydrogen-bond donors (Lipinski definition) is 2. The van der Waals surface area contributed by atoms with Crippen LogP contribution in [0, 0.1) is 12.8 Å². The summed E-state index contributed by atoms with van der Waals surface area (Å²) in [5.41, 5.74) is 7.76. The number of nitrogens with zero attached hydrogens (tertiary/aromatic N) is 2. The van der Waals surface area contributed by atoms with Crippen molar-refractivity contribution >= 4 is 11.6 Å². The monoisotopic (exact) mass is 262 g/mol. The third kappa shape index (κ3) is 3.44. The third-order valence-electron chi connectivity index (χ3n) is 3.57. The Bertz CT molecular complexity index is 435. The van der Waals surface area contributed by atoms with Gasteiger partial charge < -0.3 is 16.0 Å². The summed E-state index contributed by atoms with van der Waals surface area (Å²) in [4.78, 5) is 18.4. The first kappa shape index (κ1) is 13.8. The molecule has 1 aromatic heterocycles. The van der Waals surface area contributed by atoms with Crippen molar-refractivity contribution in [3.63, 3.8) is 0 Å². The summed E-state index contributed by atoms with van der Waals surface area (Å²) in [6.45, 7) is 4.89. The van der Waals surface area contributed by atoms with Crippen LogP contribution in [0.1, 0.15) is 18.4 Å². The van der Waals surface area contributed by atoms with Gasteiger partial charge in [0.1, 0.15) is 0 Å². The normalized spacial score (nSPS) is 19.3. The zero-order valence-electron chi connectivity index (χ0n) is 11.4. The van der Waals surface area contributed by atoms with Crippen LogP contribution in [0.2, 0.25) is 0 Å². The van der Waals surface area contributed by atoms with E-state index in [1.807, 2.05) is 12.3 Å². The van der Waals surface area contributed by atoms with Crippen molar-refractivity contribution in [3.05, 3.63) is 24.0 Å². The smallest absolute Gasteiger partial charge is 0.224 e. The van der Waals surface area contributed by atoms with Crippen LogP contribution in [-0.4, -0.2) is 37.1 Å². The molecule has 2 rings (SSSR count). The molecule has 5 nitrogen and oxygen atoms in total. The second-order valence-electron chi connectivity index (χ2n) is 5.03. The Labute approximate surface area is 114 Å². The van der Waals surface area contributed by atoms with Crippen LogP contribution in [0.3, 0.4) is 0 Å². The van der Waals surface area contributed by atoms with Crippen LogP contribution < -0.4 is 16.0 Å². The molecule has 1 aliphatic rings. The number of pyridine rings is 1. The topological polar surface area (TPSA) is 71.2 Å². The zero-order chi connectivity index (χ0) is 13.7. The average Bonchev–Trinajstić information content (AvgIpc) is 2.45. The van der Waals surface area contributed by atoms with Gasteiger partial charge in [-0.25, -0.2) is 0 Å². The van der Waals surface area contributed by atoms with Gasteiger partial charge in [0, 0.05) is 44.3 Å². The minimum atomic E-state index is 0.0628. The second-order valence-corrected chi connectivity index (χ2v) is 5.03. The van der Waals surface area contributed by atoms with Gasteiger partial charge in [0.25, 0.3) is 0 Å². The summed E-state index contributed by atoms with van der Waals surface area (Å²) >= 11 is 0. The molecule has 0 aliphatic carbocycles. The van der Waals surface area contributed by atoms with Crippen molar-refractivity contribution in [1.29, 1.82) is 0 Å². The standard InChI is InChI=1S/C14H22N4O/c1-11-9-16-6-4-13(11)18-8-2-3-12(10-18)14(19)17-7-5-15/h4,6,9,12H,2-3,5,7-8,10,15H2,1H3,(H,17,19). The van der Waals surface area contributed by atoms with E-state index in [1.165, 1.54) is 5.69 Å². The molecule has 1 amide bonds. The van der Waals surface area contributed by atoms with E-state index in [9.17, 15) is 4.79 Å². The van der Waals surface area contributed by atoms with Gasteiger partial charge >= 0.3 is 0 Å². The molecule has 19 heavy (non-hydrogen) atoms. The van der Waals surface area contributed by atoms with Gasteiger partial charge in [0.2, 0.25) is 5.91 Å². The number of nitrogens with one attached hydrogen (secondary N) is 1. The Balaban J connectivity index is 2.01. The second kappa shape index (κ2) is 6.52. The Kier molecular flexibility index (Phi) is 4.74. The number of rotatable bonds is 4. The van der Waals surface area contributed by atoms with Crippen LogP contribution in [0.15, 0.2) is 18.5 Å². The molecule has 0 radical (unpaired) electrons. The highest BCUT2D eigenvalue weighted by Gasteiger charge is 2.26. The van der Waals surface area contributed by atoms with E-state index >= 15 is 0 Å². The molecule has 1 saturated heterocycles. The number of carbonyl (C=O) groups excluding carboxylic acids is 1. The lowest BCUT2D eigenvalue weighted by Crippen LogP contribution is -2.44. The van der Waals surface area contributed by atoms with Crippen molar-refractivity contribution in [2.75, 3.05) is 31.1 Å². The number of carbonyl (C=O) groups is 1. The highest BCUT2D eigenvalue weighted by Crippen LogP contribution is 2.25. The molecule has 3 N–H and O–H groups in total. The van der Waals surface area contributed by atoms with Crippen LogP contribution in [-0.2, 0) is 4.79 Å². The zero-order valence-corrected chi connectivity index (χ0v) is 11.4. The van der Waals surface area contributed by atoms with E-state index in [4.69, 9.17) is 5.73 Å². The van der Waals surface area contributed by atoms with Crippen LogP contribution in [0.25, 0.3) is 0 Å². The maximum atomic E-state index is 12.0. The Morgan fingerprint density at radius 2 is 2.47 bits per heavy atom. The van der Waals surface area contributed by atoms with Crippen LogP contribution in [0.5, 0.6) is 0 Å². The predicted molar refractivity (Wildman–Crippen MR) is 76.0 cm³/mol. The first-order valence-corrected chi connectivity index (χ1v) is 6.85. The highest BCUT2D eigenvalue weighted by molar-refractivity contribution is 5.79. The van der Waals surface area contributed by atoms with Crippen LogP contribution in [0.4, 0.5) is 5.69 Å². The molecule has 0 saturated carbocycles. The Hall–Kier alpha value is -1.62. The van der Waals surface area contributed by atoms with E-state index in [0.29, 0.717) is 13.1 Å². The number of aryl methyl sites for hydroxylation is 1. The molecule has 104 valence electrons. The molecule has 1 unspecified atom stereocenters. The lowest BCUT2D eigenvalue weighted by Gasteiger charge is -2.34. The lowest BCUT2D eigenvalue weighted by atomic mass is 9.96. The number of piperidine rings is 1. The first-order chi connectivity index (χ1) is 9.22. The van der Waals surface area contributed by atoms with Gasteiger partial charge in [-0.2, -0.15) is 0 Å². The van der Waals surface area contributed by atoms with Gasteiger partial charge in [-0.1, -0.05) is 0 Å². The number of aromatic nitrogens is 1. The quantitative estimate of drug-likeness (QED) is 0.837. The van der Waals surface area contributed by atoms with Crippen molar-refractivity contribution in [2.45, 2.75) is 19.8 Å². The molecule has 0 bridgehead atoms. The van der Waals surface area contributed by atoms with E-state index in [0.717, 1.165) is 31.5 Å². The molecule has 2 heterocycles. The number of nitrogens with two attached hydrogens (primary N) is 1. The van der Waals surface area contributed by atoms with E-state index < -0.39 is 0 Å². The summed E-state index contributed by atoms with van der Waals surface area (Å²) in [6, 6.07) is 2.02. The minimum Gasteiger partial charge on any atom is -0.370 e. The molecular formula is C14H22N4O. The summed E-state index contributed by atoms with van der Waals surface area (Å²) in [5, 5.41) is 2.89. The summed E-state index contributed by atoms with van der Waals surface area (Å²) in [5.74, 6) is 0.190.